The van der Waals surface area contributed by atoms with Crippen molar-refractivity contribution < 1.29 is 13.6 Å². The van der Waals surface area contributed by atoms with Crippen LogP contribution in [0.15, 0.2) is 76.1 Å². The van der Waals surface area contributed by atoms with Crippen LogP contribution in [0.4, 0.5) is 10.2 Å². The molecular weight excluding hydrogens is 395 g/mol. The van der Waals surface area contributed by atoms with Gasteiger partial charge in [-0.25, -0.2) is 9.37 Å². The Kier molecular flexibility index (Phi) is 3.96. The summed E-state index contributed by atoms with van der Waals surface area (Å²) >= 11 is 6.05. The fourth-order valence-electron chi connectivity index (χ4n) is 3.67. The van der Waals surface area contributed by atoms with E-state index < -0.39 is 17.8 Å². The van der Waals surface area contributed by atoms with Crippen LogP contribution < -0.4 is 10.3 Å². The van der Waals surface area contributed by atoms with Crippen LogP contribution in [-0.2, 0) is 0 Å². The molecule has 2 aromatic heterocycles. The van der Waals surface area contributed by atoms with Crippen LogP contribution in [0.25, 0.3) is 11.0 Å². The molecule has 0 radical (unpaired) electrons. The van der Waals surface area contributed by atoms with E-state index in [4.69, 9.17) is 16.0 Å². The summed E-state index contributed by atoms with van der Waals surface area (Å²) in [7, 11) is 0. The van der Waals surface area contributed by atoms with Crippen molar-refractivity contribution >= 4 is 34.3 Å². The Morgan fingerprint density at radius 3 is 2.66 bits per heavy atom. The molecule has 29 heavy (non-hydrogen) atoms. The van der Waals surface area contributed by atoms with Gasteiger partial charge in [0.05, 0.1) is 17.0 Å². The van der Waals surface area contributed by atoms with E-state index in [2.05, 4.69) is 4.98 Å². The molecule has 142 valence electrons. The van der Waals surface area contributed by atoms with Gasteiger partial charge in [-0.1, -0.05) is 29.8 Å². The third kappa shape index (κ3) is 2.72. The Hall–Kier alpha value is -3.51. The number of halogens is 2. The second-order valence-corrected chi connectivity index (χ2v) is 7.07. The largest absolute Gasteiger partial charge is 0.450 e. The Bertz CT molecular complexity index is 1340. The molecule has 0 saturated carbocycles. The van der Waals surface area contributed by atoms with Gasteiger partial charge in [0.2, 0.25) is 5.76 Å². The van der Waals surface area contributed by atoms with E-state index >= 15 is 0 Å². The molecule has 1 atom stereocenters. The number of amides is 1. The summed E-state index contributed by atoms with van der Waals surface area (Å²) in [5, 5.41) is 0.631. The molecule has 2 aromatic carbocycles. The lowest BCUT2D eigenvalue weighted by Crippen LogP contribution is -2.30. The molecule has 0 fully saturated rings. The zero-order chi connectivity index (χ0) is 20.1. The first-order valence-electron chi connectivity index (χ1n) is 8.81. The number of fused-ring (bicyclic) bond motifs is 2. The van der Waals surface area contributed by atoms with Gasteiger partial charge in [0.15, 0.2) is 5.43 Å². The first-order valence-corrected chi connectivity index (χ1v) is 9.19. The van der Waals surface area contributed by atoms with E-state index in [0.29, 0.717) is 16.4 Å². The molecule has 5 rings (SSSR count). The average molecular weight is 407 g/mol. The SMILES string of the molecule is O=C1c2oc3ccc(Cl)cc3c(=O)c2[C@H](c2cccc(F)c2)N1c1ccccn1. The molecule has 1 aliphatic rings. The van der Waals surface area contributed by atoms with Gasteiger partial charge in [-0.3, -0.25) is 14.5 Å². The molecular formula is C22H12ClFN2O3. The number of aromatic nitrogens is 1. The topological polar surface area (TPSA) is 63.4 Å². The fraction of sp³-hybridized carbons (Fsp3) is 0.0455. The molecule has 1 amide bonds. The summed E-state index contributed by atoms with van der Waals surface area (Å²) in [6.07, 6.45) is 1.54. The molecule has 1 aliphatic heterocycles. The third-order valence-electron chi connectivity index (χ3n) is 4.89. The molecule has 0 bridgehead atoms. The van der Waals surface area contributed by atoms with E-state index in [1.807, 2.05) is 0 Å². The normalized spacial score (nSPS) is 15.7. The van der Waals surface area contributed by atoms with Crippen molar-refractivity contribution in [2.24, 2.45) is 0 Å². The minimum absolute atomic E-state index is 0.0789. The Morgan fingerprint density at radius 2 is 1.90 bits per heavy atom. The lowest BCUT2D eigenvalue weighted by Gasteiger charge is -2.24. The number of rotatable bonds is 2. The van der Waals surface area contributed by atoms with Gasteiger partial charge in [0.1, 0.15) is 17.2 Å². The molecule has 0 spiro atoms. The van der Waals surface area contributed by atoms with Crippen molar-refractivity contribution in [2.75, 3.05) is 4.90 Å². The molecule has 0 unspecified atom stereocenters. The minimum atomic E-state index is -0.872. The smallest absolute Gasteiger partial charge is 0.296 e. The van der Waals surface area contributed by atoms with Gasteiger partial charge in [0, 0.05) is 11.2 Å². The predicted molar refractivity (Wildman–Crippen MR) is 107 cm³/mol. The Morgan fingerprint density at radius 1 is 1.03 bits per heavy atom. The molecule has 0 aliphatic carbocycles. The standard InChI is InChI=1S/C22H12ClFN2O3/c23-13-7-8-16-15(11-13)20(27)18-19(12-4-3-5-14(24)10-12)26(22(28)21(18)29-16)17-6-1-2-9-25-17/h1-11,19H/t19-/m0/s1. The van der Waals surface area contributed by atoms with E-state index in [1.165, 1.54) is 29.2 Å². The zero-order valence-electron chi connectivity index (χ0n) is 14.8. The monoisotopic (exact) mass is 406 g/mol. The minimum Gasteiger partial charge on any atom is -0.450 e. The second-order valence-electron chi connectivity index (χ2n) is 6.64. The van der Waals surface area contributed by atoms with Crippen LogP contribution in [0.2, 0.25) is 5.02 Å². The molecule has 0 saturated heterocycles. The Balaban J connectivity index is 1.84. The molecule has 4 aromatic rings. The van der Waals surface area contributed by atoms with Crippen molar-refractivity contribution in [3.63, 3.8) is 0 Å². The molecule has 3 heterocycles. The maximum absolute atomic E-state index is 14.0. The average Bonchev–Trinajstić information content (AvgIpc) is 3.02. The zero-order valence-corrected chi connectivity index (χ0v) is 15.6. The van der Waals surface area contributed by atoms with Crippen molar-refractivity contribution in [2.45, 2.75) is 6.04 Å². The van der Waals surface area contributed by atoms with Crippen LogP contribution in [0, 0.1) is 5.82 Å². The second kappa shape index (κ2) is 6.53. The van der Waals surface area contributed by atoms with Crippen LogP contribution in [0.1, 0.15) is 27.7 Å². The predicted octanol–water partition coefficient (Wildman–Crippen LogP) is 4.73. The number of hydrogen-bond acceptors (Lipinski definition) is 4. The first kappa shape index (κ1) is 17.6. The highest BCUT2D eigenvalue weighted by Gasteiger charge is 2.44. The number of carbonyl (C=O) groups excluding carboxylic acids is 1. The van der Waals surface area contributed by atoms with Crippen molar-refractivity contribution in [1.82, 2.24) is 4.98 Å². The maximum atomic E-state index is 14.0. The highest BCUT2D eigenvalue weighted by molar-refractivity contribution is 6.31. The van der Waals surface area contributed by atoms with Gasteiger partial charge < -0.3 is 4.42 Å². The summed E-state index contributed by atoms with van der Waals surface area (Å²) in [6, 6.07) is 14.6. The quantitative estimate of drug-likeness (QED) is 0.482. The number of benzene rings is 2. The van der Waals surface area contributed by atoms with E-state index in [9.17, 15) is 14.0 Å². The third-order valence-corrected chi connectivity index (χ3v) is 5.13. The lowest BCUT2D eigenvalue weighted by molar-refractivity contribution is 0.0970. The molecule has 0 N–H and O–H groups in total. The highest BCUT2D eigenvalue weighted by Crippen LogP contribution is 2.40. The Labute approximate surface area is 169 Å². The lowest BCUT2D eigenvalue weighted by atomic mass is 9.98. The van der Waals surface area contributed by atoms with Gasteiger partial charge in [-0.05, 0) is 48.0 Å². The molecule has 7 heteroatoms. The summed E-state index contributed by atoms with van der Waals surface area (Å²) in [6.45, 7) is 0. The number of anilines is 1. The molecule has 5 nitrogen and oxygen atoms in total. The van der Waals surface area contributed by atoms with E-state index in [1.54, 1.807) is 42.6 Å². The number of carbonyl (C=O) groups is 1. The highest BCUT2D eigenvalue weighted by atomic mass is 35.5. The first-order chi connectivity index (χ1) is 14.0. The summed E-state index contributed by atoms with van der Waals surface area (Å²) in [5.74, 6) is -0.733. The van der Waals surface area contributed by atoms with Crippen molar-refractivity contribution in [3.8, 4) is 0 Å². The van der Waals surface area contributed by atoms with Gasteiger partial charge >= 0.3 is 0 Å². The number of pyridine rings is 1. The van der Waals surface area contributed by atoms with Crippen molar-refractivity contribution in [3.05, 3.63) is 105 Å². The fourth-order valence-corrected chi connectivity index (χ4v) is 3.84. The summed E-state index contributed by atoms with van der Waals surface area (Å²) in [4.78, 5) is 32.2. The van der Waals surface area contributed by atoms with Crippen LogP contribution in [0.3, 0.4) is 0 Å². The number of nitrogens with zero attached hydrogens (tertiary/aromatic N) is 2. The van der Waals surface area contributed by atoms with Gasteiger partial charge in [0.25, 0.3) is 5.91 Å². The maximum Gasteiger partial charge on any atom is 0.296 e. The number of hydrogen-bond donors (Lipinski definition) is 0. The van der Waals surface area contributed by atoms with E-state index in [0.717, 1.165) is 0 Å². The van der Waals surface area contributed by atoms with Crippen LogP contribution in [0.5, 0.6) is 0 Å². The van der Waals surface area contributed by atoms with E-state index in [-0.39, 0.29) is 27.7 Å². The summed E-state index contributed by atoms with van der Waals surface area (Å²) in [5.41, 5.74) is 0.453. The van der Waals surface area contributed by atoms with Gasteiger partial charge in [-0.2, -0.15) is 0 Å². The van der Waals surface area contributed by atoms with Crippen LogP contribution in [-0.4, -0.2) is 10.9 Å². The van der Waals surface area contributed by atoms with Gasteiger partial charge in [-0.15, -0.1) is 0 Å². The van der Waals surface area contributed by atoms with Crippen molar-refractivity contribution in [1.29, 1.82) is 0 Å². The van der Waals surface area contributed by atoms with Crippen LogP contribution >= 0.6 is 11.6 Å². The summed E-state index contributed by atoms with van der Waals surface area (Å²) < 4.78 is 19.8.